The molecule has 0 aromatic heterocycles. The van der Waals surface area contributed by atoms with Gasteiger partial charge in [-0.25, -0.2) is 17.2 Å². The summed E-state index contributed by atoms with van der Waals surface area (Å²) in [6.45, 7) is 0. The van der Waals surface area contributed by atoms with Crippen LogP contribution in [0.5, 0.6) is 0 Å². The number of hydrogen-bond donors (Lipinski definition) is 1. The van der Waals surface area contributed by atoms with Crippen molar-refractivity contribution in [1.29, 1.82) is 0 Å². The summed E-state index contributed by atoms with van der Waals surface area (Å²) in [7, 11) is -1.43. The molecule has 0 bridgehead atoms. The zero-order chi connectivity index (χ0) is 17.9. The van der Waals surface area contributed by atoms with Crippen LogP contribution in [0.15, 0.2) is 47.4 Å². The lowest BCUT2D eigenvalue weighted by Crippen LogP contribution is -2.25. The number of nitrogens with zero attached hydrogens (tertiary/aromatic N) is 1. The van der Waals surface area contributed by atoms with Gasteiger partial charge in [-0.1, -0.05) is 10.5 Å². The molecule has 1 N–H and O–H groups in total. The number of hydrogen-bond acceptors (Lipinski definition) is 4. The molecule has 0 aliphatic rings. The maximum Gasteiger partial charge on any atom is 0.264 e. The number of halogens is 2. The fourth-order valence-corrected chi connectivity index (χ4v) is 2.80. The summed E-state index contributed by atoms with van der Waals surface area (Å²) in [5.74, 6) is -2.60. The van der Waals surface area contributed by atoms with Gasteiger partial charge in [0.25, 0.3) is 15.9 Å². The van der Waals surface area contributed by atoms with Crippen LogP contribution in [0, 0.1) is 11.6 Å². The number of carbonyl (C=O) groups is 1. The van der Waals surface area contributed by atoms with Crippen molar-refractivity contribution in [2.45, 2.75) is 4.90 Å². The molecule has 2 rings (SSSR count). The molecule has 0 saturated carbocycles. The van der Waals surface area contributed by atoms with E-state index in [9.17, 15) is 22.0 Å². The van der Waals surface area contributed by atoms with Gasteiger partial charge in [-0.05, 0) is 36.4 Å². The highest BCUT2D eigenvalue weighted by atomic mass is 32.2. The fourth-order valence-electron chi connectivity index (χ4n) is 1.83. The van der Waals surface area contributed by atoms with E-state index < -0.39 is 33.3 Å². The van der Waals surface area contributed by atoms with Crippen molar-refractivity contribution >= 4 is 21.6 Å². The van der Waals surface area contributed by atoms with Crippen molar-refractivity contribution in [2.24, 2.45) is 0 Å². The molecule has 2 aromatic rings. The van der Waals surface area contributed by atoms with Crippen molar-refractivity contribution in [3.05, 3.63) is 59.7 Å². The van der Waals surface area contributed by atoms with Gasteiger partial charge in [0.15, 0.2) is 0 Å². The summed E-state index contributed by atoms with van der Waals surface area (Å²) < 4.78 is 51.8. The molecule has 9 heteroatoms. The number of nitrogens with one attached hydrogen (secondary N) is 1. The molecule has 0 spiro atoms. The van der Waals surface area contributed by atoms with E-state index in [2.05, 4.69) is 10.2 Å². The van der Waals surface area contributed by atoms with Crippen LogP contribution in [0.3, 0.4) is 0 Å². The van der Waals surface area contributed by atoms with E-state index in [1.165, 1.54) is 44.5 Å². The lowest BCUT2D eigenvalue weighted by atomic mass is 10.2. The lowest BCUT2D eigenvalue weighted by molar-refractivity contribution is -0.0258. The Labute approximate surface area is 137 Å². The first kappa shape index (κ1) is 18.0. The van der Waals surface area contributed by atoms with Crippen molar-refractivity contribution in [1.82, 2.24) is 4.47 Å². The van der Waals surface area contributed by atoms with Crippen molar-refractivity contribution in [3.63, 3.8) is 0 Å². The Morgan fingerprint density at radius 2 is 1.62 bits per heavy atom. The lowest BCUT2D eigenvalue weighted by Gasteiger charge is -2.14. The number of anilines is 1. The predicted octanol–water partition coefficient (Wildman–Crippen LogP) is 2.40. The first-order chi connectivity index (χ1) is 11.3. The maximum absolute atomic E-state index is 13.5. The summed E-state index contributed by atoms with van der Waals surface area (Å²) in [6.07, 6.45) is 0. The number of benzene rings is 2. The van der Waals surface area contributed by atoms with Gasteiger partial charge < -0.3 is 5.32 Å². The van der Waals surface area contributed by atoms with Gasteiger partial charge in [0.1, 0.15) is 17.3 Å². The fraction of sp³-hybridized carbons (Fsp3) is 0.133. The first-order valence-corrected chi connectivity index (χ1v) is 8.10. The van der Waals surface area contributed by atoms with Crippen LogP contribution in [-0.2, 0) is 14.9 Å². The molecule has 0 fully saturated rings. The third kappa shape index (κ3) is 3.58. The Morgan fingerprint density at radius 1 is 1.08 bits per heavy atom. The number of para-hydroxylation sites is 1. The van der Waals surface area contributed by atoms with Crippen LogP contribution >= 0.6 is 0 Å². The van der Waals surface area contributed by atoms with Gasteiger partial charge in [0, 0.05) is 12.6 Å². The number of rotatable bonds is 5. The molecular formula is C15H14F2N2O4S. The minimum absolute atomic E-state index is 0.0386. The van der Waals surface area contributed by atoms with Gasteiger partial charge >= 0.3 is 0 Å². The highest BCUT2D eigenvalue weighted by molar-refractivity contribution is 7.89. The standard InChI is InChI=1S/C15H14F2N2O4S/c1-19(23-2)24(21,22)11-8-6-10(7-9-11)15(20)18-14-12(16)4-3-5-13(14)17/h3-9H,1-2H3,(H,18,20). The molecule has 24 heavy (non-hydrogen) atoms. The number of hydroxylamine groups is 1. The van der Waals surface area contributed by atoms with Gasteiger partial charge in [-0.3, -0.25) is 9.63 Å². The van der Waals surface area contributed by atoms with E-state index >= 15 is 0 Å². The minimum Gasteiger partial charge on any atom is -0.317 e. The van der Waals surface area contributed by atoms with E-state index in [1.54, 1.807) is 0 Å². The highest BCUT2D eigenvalue weighted by Gasteiger charge is 2.21. The number of amides is 1. The largest absolute Gasteiger partial charge is 0.317 e. The molecule has 0 heterocycles. The molecule has 2 aromatic carbocycles. The molecule has 0 unspecified atom stereocenters. The molecular weight excluding hydrogens is 342 g/mol. The van der Waals surface area contributed by atoms with Crippen LogP contribution in [0.1, 0.15) is 10.4 Å². The second-order valence-electron chi connectivity index (χ2n) is 4.67. The van der Waals surface area contributed by atoms with Gasteiger partial charge in [-0.15, -0.1) is 0 Å². The SMILES string of the molecule is CON(C)S(=O)(=O)c1ccc(C(=O)Nc2c(F)cccc2F)cc1. The van der Waals surface area contributed by atoms with Crippen molar-refractivity contribution < 1.29 is 26.8 Å². The molecule has 0 aliphatic heterocycles. The predicted molar refractivity (Wildman–Crippen MR) is 82.7 cm³/mol. The van der Waals surface area contributed by atoms with E-state index in [4.69, 9.17) is 0 Å². The van der Waals surface area contributed by atoms with Crippen LogP contribution < -0.4 is 5.32 Å². The Kier molecular flexibility index (Phi) is 5.27. The summed E-state index contributed by atoms with van der Waals surface area (Å²) in [5, 5.41) is 2.11. The molecule has 128 valence electrons. The van der Waals surface area contributed by atoms with E-state index in [-0.39, 0.29) is 10.5 Å². The first-order valence-electron chi connectivity index (χ1n) is 6.66. The Hall–Kier alpha value is -2.36. The monoisotopic (exact) mass is 356 g/mol. The van der Waals surface area contributed by atoms with Crippen LogP contribution in [-0.4, -0.2) is 33.0 Å². The second-order valence-corrected chi connectivity index (χ2v) is 6.61. The van der Waals surface area contributed by atoms with Crippen LogP contribution in [0.4, 0.5) is 14.5 Å². The summed E-state index contributed by atoms with van der Waals surface area (Å²) in [4.78, 5) is 16.6. The Balaban J connectivity index is 2.24. The second kappa shape index (κ2) is 7.04. The van der Waals surface area contributed by atoms with Crippen LogP contribution in [0.2, 0.25) is 0 Å². The highest BCUT2D eigenvalue weighted by Crippen LogP contribution is 2.20. The zero-order valence-corrected chi connectivity index (χ0v) is 13.6. The van der Waals surface area contributed by atoms with E-state index in [0.717, 1.165) is 12.1 Å². The third-order valence-electron chi connectivity index (χ3n) is 3.21. The topological polar surface area (TPSA) is 75.7 Å². The zero-order valence-electron chi connectivity index (χ0n) is 12.8. The Morgan fingerprint density at radius 3 is 2.12 bits per heavy atom. The molecule has 0 aliphatic carbocycles. The normalized spacial score (nSPS) is 11.5. The van der Waals surface area contributed by atoms with Crippen molar-refractivity contribution in [3.8, 4) is 0 Å². The van der Waals surface area contributed by atoms with E-state index in [0.29, 0.717) is 4.47 Å². The third-order valence-corrected chi connectivity index (χ3v) is 4.91. The molecule has 0 atom stereocenters. The average Bonchev–Trinajstić information content (AvgIpc) is 2.57. The average molecular weight is 356 g/mol. The smallest absolute Gasteiger partial charge is 0.264 e. The molecule has 6 nitrogen and oxygen atoms in total. The van der Waals surface area contributed by atoms with Gasteiger partial charge in [-0.2, -0.15) is 0 Å². The quantitative estimate of drug-likeness (QED) is 0.835. The van der Waals surface area contributed by atoms with Crippen LogP contribution in [0.25, 0.3) is 0 Å². The molecule has 1 amide bonds. The van der Waals surface area contributed by atoms with Crippen molar-refractivity contribution in [2.75, 3.05) is 19.5 Å². The minimum atomic E-state index is -3.84. The summed E-state index contributed by atoms with van der Waals surface area (Å²) >= 11 is 0. The Bertz CT molecular complexity index is 834. The summed E-state index contributed by atoms with van der Waals surface area (Å²) in [5.41, 5.74) is -0.532. The molecule has 0 radical (unpaired) electrons. The van der Waals surface area contributed by atoms with Gasteiger partial charge in [0.05, 0.1) is 12.0 Å². The summed E-state index contributed by atoms with van der Waals surface area (Å²) in [6, 6.07) is 8.03. The van der Waals surface area contributed by atoms with Gasteiger partial charge in [0.2, 0.25) is 0 Å². The number of sulfonamides is 1. The molecule has 0 saturated heterocycles. The number of carbonyl (C=O) groups excluding carboxylic acids is 1. The maximum atomic E-state index is 13.5. The van der Waals surface area contributed by atoms with E-state index in [1.807, 2.05) is 0 Å².